The van der Waals surface area contributed by atoms with Crippen LogP contribution in [0.1, 0.15) is 31.7 Å². The first-order chi connectivity index (χ1) is 13.1. The molecule has 1 unspecified atom stereocenters. The molecular weight excluding hydrogens is 345 g/mol. The smallest absolute Gasteiger partial charge is 0.320 e. The number of carbonyl (C=O) groups is 1. The fraction of sp³-hybridized carbons (Fsp3) is 0.409. The van der Waals surface area contributed by atoms with Gasteiger partial charge in [-0.3, -0.25) is 9.69 Å². The summed E-state index contributed by atoms with van der Waals surface area (Å²) in [7, 11) is 0. The second-order valence-corrected chi connectivity index (χ2v) is 6.97. The predicted octanol–water partition coefficient (Wildman–Crippen LogP) is 4.34. The lowest BCUT2D eigenvalue weighted by Crippen LogP contribution is -2.46. The van der Waals surface area contributed by atoms with E-state index in [1.165, 1.54) is 12.1 Å². The maximum atomic E-state index is 13.2. The molecule has 27 heavy (non-hydrogen) atoms. The van der Waals surface area contributed by atoms with E-state index in [2.05, 4.69) is 0 Å². The SMILES string of the molecule is CCC(C(=O)O)N1CCC(OCc2ccccc2-c2ccc(F)cc2)CC1. The van der Waals surface area contributed by atoms with E-state index >= 15 is 0 Å². The van der Waals surface area contributed by atoms with Crippen LogP contribution in [0.25, 0.3) is 11.1 Å². The third-order valence-electron chi connectivity index (χ3n) is 5.24. The first-order valence-electron chi connectivity index (χ1n) is 9.50. The van der Waals surface area contributed by atoms with E-state index in [0.717, 1.165) is 42.6 Å². The Morgan fingerprint density at radius 1 is 1.19 bits per heavy atom. The Balaban J connectivity index is 1.59. The van der Waals surface area contributed by atoms with E-state index in [1.807, 2.05) is 36.1 Å². The predicted molar refractivity (Wildman–Crippen MR) is 103 cm³/mol. The zero-order chi connectivity index (χ0) is 19.2. The van der Waals surface area contributed by atoms with Gasteiger partial charge < -0.3 is 9.84 Å². The highest BCUT2D eigenvalue weighted by Crippen LogP contribution is 2.26. The van der Waals surface area contributed by atoms with E-state index < -0.39 is 12.0 Å². The van der Waals surface area contributed by atoms with Gasteiger partial charge in [-0.05, 0) is 48.1 Å². The third-order valence-corrected chi connectivity index (χ3v) is 5.24. The number of hydrogen-bond acceptors (Lipinski definition) is 3. The van der Waals surface area contributed by atoms with Crippen molar-refractivity contribution in [3.05, 3.63) is 59.9 Å². The number of halogens is 1. The molecule has 1 heterocycles. The molecule has 144 valence electrons. The van der Waals surface area contributed by atoms with Gasteiger partial charge in [0.1, 0.15) is 11.9 Å². The van der Waals surface area contributed by atoms with Crippen LogP contribution < -0.4 is 0 Å². The van der Waals surface area contributed by atoms with Crippen LogP contribution in [0.2, 0.25) is 0 Å². The maximum Gasteiger partial charge on any atom is 0.320 e. The molecule has 1 fully saturated rings. The van der Waals surface area contributed by atoms with E-state index in [0.29, 0.717) is 13.0 Å². The minimum atomic E-state index is -0.745. The van der Waals surface area contributed by atoms with Crippen molar-refractivity contribution in [1.82, 2.24) is 4.90 Å². The van der Waals surface area contributed by atoms with Crippen molar-refractivity contribution in [2.24, 2.45) is 0 Å². The van der Waals surface area contributed by atoms with Gasteiger partial charge in [-0.15, -0.1) is 0 Å². The van der Waals surface area contributed by atoms with Crippen molar-refractivity contribution in [2.45, 2.75) is 44.9 Å². The van der Waals surface area contributed by atoms with Gasteiger partial charge in [0, 0.05) is 13.1 Å². The van der Waals surface area contributed by atoms with Gasteiger partial charge in [0.2, 0.25) is 0 Å². The summed E-state index contributed by atoms with van der Waals surface area (Å²) >= 11 is 0. The highest BCUT2D eigenvalue weighted by molar-refractivity contribution is 5.73. The fourth-order valence-corrected chi connectivity index (χ4v) is 3.71. The summed E-state index contributed by atoms with van der Waals surface area (Å²) in [5, 5.41) is 9.30. The van der Waals surface area contributed by atoms with Gasteiger partial charge in [0.05, 0.1) is 12.7 Å². The summed E-state index contributed by atoms with van der Waals surface area (Å²) in [6, 6.07) is 14.1. The molecular formula is C22H26FNO3. The van der Waals surface area contributed by atoms with Crippen molar-refractivity contribution < 1.29 is 19.0 Å². The standard InChI is InChI=1S/C22H26FNO3/c1-2-21(22(25)26)24-13-11-19(12-14-24)27-15-17-5-3-4-6-20(17)16-7-9-18(23)10-8-16/h3-10,19,21H,2,11-15H2,1H3,(H,25,26). The number of ether oxygens (including phenoxy) is 1. The molecule has 0 amide bonds. The molecule has 4 nitrogen and oxygen atoms in total. The van der Waals surface area contributed by atoms with Crippen molar-refractivity contribution in [3.8, 4) is 11.1 Å². The average molecular weight is 371 g/mol. The molecule has 1 N–H and O–H groups in total. The molecule has 0 aliphatic carbocycles. The van der Waals surface area contributed by atoms with Crippen molar-refractivity contribution >= 4 is 5.97 Å². The van der Waals surface area contributed by atoms with Crippen LogP contribution in [0.5, 0.6) is 0 Å². The lowest BCUT2D eigenvalue weighted by atomic mass is 10.00. The molecule has 2 aromatic rings. The van der Waals surface area contributed by atoms with Crippen molar-refractivity contribution in [2.75, 3.05) is 13.1 Å². The molecule has 0 aromatic heterocycles. The fourth-order valence-electron chi connectivity index (χ4n) is 3.71. The van der Waals surface area contributed by atoms with Crippen molar-refractivity contribution in [1.29, 1.82) is 0 Å². The largest absolute Gasteiger partial charge is 0.480 e. The minimum Gasteiger partial charge on any atom is -0.480 e. The molecule has 2 aromatic carbocycles. The van der Waals surface area contributed by atoms with Crippen LogP contribution in [0, 0.1) is 5.82 Å². The Hall–Kier alpha value is -2.24. The molecule has 0 bridgehead atoms. The zero-order valence-corrected chi connectivity index (χ0v) is 15.6. The Morgan fingerprint density at radius 2 is 1.85 bits per heavy atom. The number of aliphatic carboxylic acids is 1. The topological polar surface area (TPSA) is 49.8 Å². The van der Waals surface area contributed by atoms with Gasteiger partial charge >= 0.3 is 5.97 Å². The number of nitrogens with zero attached hydrogens (tertiary/aromatic N) is 1. The third kappa shape index (κ3) is 4.93. The zero-order valence-electron chi connectivity index (χ0n) is 15.6. The van der Waals surface area contributed by atoms with Crippen molar-refractivity contribution in [3.63, 3.8) is 0 Å². The molecule has 1 aliphatic rings. The number of carboxylic acids is 1. The highest BCUT2D eigenvalue weighted by atomic mass is 19.1. The van der Waals surface area contributed by atoms with Crippen LogP contribution in [0.4, 0.5) is 4.39 Å². The summed E-state index contributed by atoms with van der Waals surface area (Å²) in [6.45, 7) is 3.90. The summed E-state index contributed by atoms with van der Waals surface area (Å²) in [6.07, 6.45) is 2.42. The first kappa shape index (κ1) is 19.5. The van der Waals surface area contributed by atoms with Crippen LogP contribution >= 0.6 is 0 Å². The number of piperidine rings is 1. The molecule has 3 rings (SSSR count). The lowest BCUT2D eigenvalue weighted by Gasteiger charge is -2.35. The quantitative estimate of drug-likeness (QED) is 0.787. The molecule has 1 aliphatic heterocycles. The monoisotopic (exact) mass is 371 g/mol. The maximum absolute atomic E-state index is 13.2. The van der Waals surface area contributed by atoms with Crippen LogP contribution in [0.3, 0.4) is 0 Å². The molecule has 5 heteroatoms. The van der Waals surface area contributed by atoms with Gasteiger partial charge in [-0.2, -0.15) is 0 Å². The lowest BCUT2D eigenvalue weighted by molar-refractivity contribution is -0.144. The molecule has 0 radical (unpaired) electrons. The van der Waals surface area contributed by atoms with Gasteiger partial charge in [0.25, 0.3) is 0 Å². The van der Waals surface area contributed by atoms with E-state index in [-0.39, 0.29) is 11.9 Å². The van der Waals surface area contributed by atoms with Gasteiger partial charge in [-0.1, -0.05) is 43.3 Å². The number of likely N-dealkylation sites (tertiary alicyclic amines) is 1. The second-order valence-electron chi connectivity index (χ2n) is 6.97. The first-order valence-corrected chi connectivity index (χ1v) is 9.50. The number of carboxylic acid groups (broad SMARTS) is 1. The van der Waals surface area contributed by atoms with Crippen LogP contribution in [-0.2, 0) is 16.1 Å². The molecule has 1 saturated heterocycles. The summed E-state index contributed by atoms with van der Waals surface area (Å²) < 4.78 is 19.3. The van der Waals surface area contributed by atoms with Crippen LogP contribution in [0.15, 0.2) is 48.5 Å². The Labute approximate surface area is 159 Å². The van der Waals surface area contributed by atoms with Gasteiger partial charge in [-0.25, -0.2) is 4.39 Å². The van der Waals surface area contributed by atoms with E-state index in [4.69, 9.17) is 4.74 Å². The Bertz CT molecular complexity index is 754. The van der Waals surface area contributed by atoms with E-state index in [1.54, 1.807) is 12.1 Å². The molecule has 1 atom stereocenters. The molecule has 0 spiro atoms. The van der Waals surface area contributed by atoms with Gasteiger partial charge in [0.15, 0.2) is 0 Å². The number of hydrogen-bond donors (Lipinski definition) is 1. The minimum absolute atomic E-state index is 0.133. The average Bonchev–Trinajstić information content (AvgIpc) is 2.68. The summed E-state index contributed by atoms with van der Waals surface area (Å²) in [4.78, 5) is 13.4. The summed E-state index contributed by atoms with van der Waals surface area (Å²) in [5.41, 5.74) is 3.09. The molecule has 0 saturated carbocycles. The number of rotatable bonds is 7. The Morgan fingerprint density at radius 3 is 2.48 bits per heavy atom. The number of benzene rings is 2. The van der Waals surface area contributed by atoms with Crippen LogP contribution in [-0.4, -0.2) is 41.2 Å². The van der Waals surface area contributed by atoms with E-state index in [9.17, 15) is 14.3 Å². The normalized spacial score (nSPS) is 17.0. The second kappa shape index (κ2) is 9.11. The summed E-state index contributed by atoms with van der Waals surface area (Å²) in [5.74, 6) is -0.990. The highest BCUT2D eigenvalue weighted by Gasteiger charge is 2.28. The Kier molecular flexibility index (Phi) is 6.58.